The van der Waals surface area contributed by atoms with Gasteiger partial charge in [-0.05, 0) is 99.8 Å². The highest BCUT2D eigenvalue weighted by molar-refractivity contribution is 6.00. The van der Waals surface area contributed by atoms with Crippen molar-refractivity contribution in [1.29, 1.82) is 0 Å². The molecular formula is C42H58O3. The van der Waals surface area contributed by atoms with E-state index in [4.69, 9.17) is 0 Å². The number of carbonyl (C=O) groups is 2. The van der Waals surface area contributed by atoms with Crippen molar-refractivity contribution in [3.05, 3.63) is 117 Å². The van der Waals surface area contributed by atoms with E-state index in [1.807, 2.05) is 45.9 Å². The summed E-state index contributed by atoms with van der Waals surface area (Å²) in [5, 5.41) is 10.0. The highest BCUT2D eigenvalue weighted by atomic mass is 16.3. The van der Waals surface area contributed by atoms with Crippen LogP contribution in [-0.4, -0.2) is 22.8 Å². The van der Waals surface area contributed by atoms with Crippen molar-refractivity contribution in [2.24, 2.45) is 22.7 Å². The molecule has 0 bridgehead atoms. The van der Waals surface area contributed by atoms with Crippen LogP contribution in [0.1, 0.15) is 102 Å². The van der Waals surface area contributed by atoms with E-state index in [2.05, 4.69) is 110 Å². The maximum Gasteiger partial charge on any atom is 0.187 e. The molecule has 2 aliphatic carbocycles. The molecule has 3 nitrogen and oxygen atoms in total. The van der Waals surface area contributed by atoms with Gasteiger partial charge in [0.1, 0.15) is 6.10 Å². The van der Waals surface area contributed by atoms with Gasteiger partial charge in [0.05, 0.1) is 0 Å². The van der Waals surface area contributed by atoms with Crippen molar-refractivity contribution in [2.45, 2.75) is 108 Å². The van der Waals surface area contributed by atoms with Crippen molar-refractivity contribution in [2.75, 3.05) is 0 Å². The first-order valence-corrected chi connectivity index (χ1v) is 16.5. The molecule has 0 saturated heterocycles. The largest absolute Gasteiger partial charge is 0.385 e. The summed E-state index contributed by atoms with van der Waals surface area (Å²) in [7, 11) is 0. The Morgan fingerprint density at radius 3 is 1.87 bits per heavy atom. The van der Waals surface area contributed by atoms with Crippen molar-refractivity contribution in [1.82, 2.24) is 0 Å². The molecule has 3 atom stereocenters. The van der Waals surface area contributed by atoms with Gasteiger partial charge in [0.2, 0.25) is 0 Å². The average molecular weight is 611 g/mol. The average Bonchev–Trinajstić information content (AvgIpc) is 2.94. The Balaban J connectivity index is 1.95. The predicted molar refractivity (Wildman–Crippen MR) is 193 cm³/mol. The number of Topliss-reactive ketones (excluding diaryl/α,β-unsaturated/α-hetero) is 2. The molecule has 0 radical (unpaired) electrons. The van der Waals surface area contributed by atoms with Crippen molar-refractivity contribution >= 4 is 11.6 Å². The molecule has 2 rings (SSSR count). The summed E-state index contributed by atoms with van der Waals surface area (Å²) in [5.41, 5.74) is 8.31. The quantitative estimate of drug-likeness (QED) is 0.237. The van der Waals surface area contributed by atoms with Crippen LogP contribution < -0.4 is 0 Å². The van der Waals surface area contributed by atoms with E-state index in [1.54, 1.807) is 0 Å². The molecule has 45 heavy (non-hydrogen) atoms. The number of aliphatic hydroxyl groups is 1. The number of allylic oxidation sites excluding steroid dienone is 19. The molecule has 1 N–H and O–H groups in total. The Kier molecular flexibility index (Phi) is 13.7. The van der Waals surface area contributed by atoms with Crippen molar-refractivity contribution < 1.29 is 14.7 Å². The first-order valence-electron chi connectivity index (χ1n) is 16.5. The van der Waals surface area contributed by atoms with Crippen LogP contribution in [0.15, 0.2) is 117 Å². The lowest BCUT2D eigenvalue weighted by atomic mass is 9.68. The number of ketones is 2. The monoisotopic (exact) mass is 610 g/mol. The lowest BCUT2D eigenvalue weighted by Gasteiger charge is -2.35. The van der Waals surface area contributed by atoms with E-state index in [1.165, 1.54) is 16.7 Å². The SMILES string of the molecule is CC1=C(/C=C/C(C)=C/CC(C)/C(C)=C/C=C/C=C(C)/C=C/C=C(C)/C=C/C2=C(C)C(=O)[C@@H](O)CC2(C)C)C(C)(C)C[C@H](C)C1=O. The van der Waals surface area contributed by atoms with Gasteiger partial charge in [0.25, 0.3) is 0 Å². The van der Waals surface area contributed by atoms with Crippen LogP contribution in [0.25, 0.3) is 0 Å². The zero-order valence-electron chi connectivity index (χ0n) is 30.0. The van der Waals surface area contributed by atoms with Gasteiger partial charge in [-0.15, -0.1) is 0 Å². The molecular weight excluding hydrogens is 552 g/mol. The van der Waals surface area contributed by atoms with E-state index in [-0.39, 0.29) is 28.3 Å². The molecule has 244 valence electrons. The third kappa shape index (κ3) is 10.9. The van der Waals surface area contributed by atoms with Crippen LogP contribution in [0.4, 0.5) is 0 Å². The van der Waals surface area contributed by atoms with Gasteiger partial charge < -0.3 is 5.11 Å². The summed E-state index contributed by atoms with van der Waals surface area (Å²) in [5.74, 6) is 0.648. The lowest BCUT2D eigenvalue weighted by Crippen LogP contribution is -2.35. The second-order valence-corrected chi connectivity index (χ2v) is 14.6. The molecule has 0 aromatic heterocycles. The molecule has 0 aromatic rings. The van der Waals surface area contributed by atoms with Crippen LogP contribution >= 0.6 is 0 Å². The Hall–Kier alpha value is -3.30. The number of hydrogen-bond acceptors (Lipinski definition) is 3. The van der Waals surface area contributed by atoms with Gasteiger partial charge in [-0.1, -0.05) is 137 Å². The predicted octanol–water partition coefficient (Wildman–Crippen LogP) is 10.7. The Bertz CT molecular complexity index is 1440. The van der Waals surface area contributed by atoms with Crippen LogP contribution in [-0.2, 0) is 9.59 Å². The minimum Gasteiger partial charge on any atom is -0.385 e. The summed E-state index contributed by atoms with van der Waals surface area (Å²) >= 11 is 0. The summed E-state index contributed by atoms with van der Waals surface area (Å²) in [6, 6.07) is 0. The zero-order chi connectivity index (χ0) is 34.1. The van der Waals surface area contributed by atoms with Gasteiger partial charge >= 0.3 is 0 Å². The zero-order valence-corrected chi connectivity index (χ0v) is 30.0. The number of carbonyl (C=O) groups excluding carboxylic acids is 2. The summed E-state index contributed by atoms with van der Waals surface area (Å²) < 4.78 is 0. The van der Waals surface area contributed by atoms with Crippen LogP contribution in [0.2, 0.25) is 0 Å². The van der Waals surface area contributed by atoms with E-state index in [0.717, 1.165) is 35.1 Å². The fourth-order valence-corrected chi connectivity index (χ4v) is 6.34. The molecule has 0 fully saturated rings. The molecule has 0 saturated carbocycles. The van der Waals surface area contributed by atoms with Gasteiger partial charge in [-0.25, -0.2) is 0 Å². The smallest absolute Gasteiger partial charge is 0.187 e. The molecule has 0 heterocycles. The fraction of sp³-hybridized carbons (Fsp3) is 0.476. The molecule has 3 heteroatoms. The van der Waals surface area contributed by atoms with Gasteiger partial charge in [-0.3, -0.25) is 9.59 Å². The number of hydrogen-bond donors (Lipinski definition) is 1. The number of aliphatic hydroxyl groups excluding tert-OH is 1. The topological polar surface area (TPSA) is 54.4 Å². The minimum absolute atomic E-state index is 0.0161. The molecule has 2 aliphatic rings. The maximum absolute atomic E-state index is 12.5. The van der Waals surface area contributed by atoms with Crippen LogP contribution in [0.5, 0.6) is 0 Å². The van der Waals surface area contributed by atoms with E-state index >= 15 is 0 Å². The van der Waals surface area contributed by atoms with Crippen molar-refractivity contribution in [3.63, 3.8) is 0 Å². The normalized spacial score (nSPS) is 24.8. The fourth-order valence-electron chi connectivity index (χ4n) is 6.34. The second-order valence-electron chi connectivity index (χ2n) is 14.6. The third-order valence-corrected chi connectivity index (χ3v) is 9.42. The van der Waals surface area contributed by atoms with Crippen LogP contribution in [0.3, 0.4) is 0 Å². The first-order chi connectivity index (χ1) is 20.9. The maximum atomic E-state index is 12.5. The second kappa shape index (κ2) is 16.3. The van der Waals surface area contributed by atoms with E-state index in [0.29, 0.717) is 17.9 Å². The van der Waals surface area contributed by atoms with E-state index < -0.39 is 6.10 Å². The van der Waals surface area contributed by atoms with Gasteiger partial charge in [0.15, 0.2) is 11.6 Å². The highest BCUT2D eigenvalue weighted by Crippen LogP contribution is 2.42. The molecule has 0 spiro atoms. The van der Waals surface area contributed by atoms with Gasteiger partial charge in [-0.2, -0.15) is 0 Å². The lowest BCUT2D eigenvalue weighted by molar-refractivity contribution is -0.125. The first kappa shape index (κ1) is 37.9. The standard InChI is InChI=1S/C42H58O3/c1-28(17-15-18-29(2)21-24-37-35(8)40(45)38(43)27-42(37,11)12)16-13-14-19-31(4)32(5)23-20-30(3)22-25-36-34(7)39(44)33(6)26-41(36,9)10/h13-22,24-25,32-33,38,43H,23,26-27H2,1-12H3/b14-13+,17-15+,24-21+,25-22+,28-16+,29-18+,30-20+,31-19+/t32?,33-,38-/m0/s1. The molecule has 1 unspecified atom stereocenters. The summed E-state index contributed by atoms with van der Waals surface area (Å²) in [6.07, 6.45) is 26.7. The molecule has 0 aliphatic heterocycles. The van der Waals surface area contributed by atoms with Crippen LogP contribution in [0, 0.1) is 22.7 Å². The van der Waals surface area contributed by atoms with Gasteiger partial charge in [0, 0.05) is 5.92 Å². The third-order valence-electron chi connectivity index (χ3n) is 9.42. The Morgan fingerprint density at radius 1 is 0.756 bits per heavy atom. The van der Waals surface area contributed by atoms with E-state index in [9.17, 15) is 14.7 Å². The Labute approximate surface area is 274 Å². The minimum atomic E-state index is -0.899. The molecule has 0 amide bonds. The Morgan fingerprint density at radius 2 is 1.24 bits per heavy atom. The molecule has 0 aromatic carbocycles. The summed E-state index contributed by atoms with van der Waals surface area (Å²) in [6.45, 7) is 25.2. The highest BCUT2D eigenvalue weighted by Gasteiger charge is 2.37. The summed E-state index contributed by atoms with van der Waals surface area (Å²) in [4.78, 5) is 24.8. The number of rotatable bonds is 11. The van der Waals surface area contributed by atoms with Crippen molar-refractivity contribution in [3.8, 4) is 0 Å².